The Morgan fingerprint density at radius 2 is 1.85 bits per heavy atom. The van der Waals surface area contributed by atoms with Gasteiger partial charge in [0.1, 0.15) is 0 Å². The summed E-state index contributed by atoms with van der Waals surface area (Å²) in [5.41, 5.74) is 2.74. The molecule has 1 atom stereocenters. The zero-order chi connectivity index (χ0) is 16.6. The fourth-order valence-electron chi connectivity index (χ4n) is 4.39. The second kappa shape index (κ2) is 8.89. The molecule has 0 saturated carbocycles. The number of carbonyl (C=O) groups excluding carboxylic acids is 1. The first-order valence-electron chi connectivity index (χ1n) is 9.06. The number of ether oxygens (including phenoxy) is 1. The number of hydrogen-bond acceptors (Lipinski definition) is 4. The van der Waals surface area contributed by atoms with Crippen molar-refractivity contribution in [1.29, 1.82) is 0 Å². The van der Waals surface area contributed by atoms with E-state index in [9.17, 15) is 4.79 Å². The number of nitrogens with zero attached hydrogens (tertiary/aromatic N) is 2. The van der Waals surface area contributed by atoms with E-state index >= 15 is 0 Å². The quantitative estimate of drug-likeness (QED) is 0.779. The first-order valence-corrected chi connectivity index (χ1v) is 9.06. The minimum atomic E-state index is -0.0832. The van der Waals surface area contributed by atoms with Crippen molar-refractivity contribution in [3.63, 3.8) is 0 Å². The maximum Gasteiger partial charge on any atom is 0.240 e. The van der Waals surface area contributed by atoms with Crippen molar-refractivity contribution in [3.05, 3.63) is 35.4 Å². The third-order valence-corrected chi connectivity index (χ3v) is 6.11. The summed E-state index contributed by atoms with van der Waals surface area (Å²) < 4.78 is 5.55. The Morgan fingerprint density at radius 1 is 1.15 bits per heavy atom. The third-order valence-electron chi connectivity index (χ3n) is 6.11. The summed E-state index contributed by atoms with van der Waals surface area (Å²) in [6, 6.07) is 8.35. The molecule has 7 heteroatoms. The summed E-state index contributed by atoms with van der Waals surface area (Å²) in [5.74, 6) is 0.267. The standard InChI is InChI=1S/C19H27N3O2.2ClH/c1-21-8-9-22(14-19(21)6-10-24-11-7-19)18(23)17-12-15-4-2-3-5-16(15)13-20-17;;/h2-5,17,20H,6-14H2,1H3;2*1H/t17-;;/m1../s1. The largest absolute Gasteiger partial charge is 0.381 e. The zero-order valence-electron chi connectivity index (χ0n) is 15.3. The van der Waals surface area contributed by atoms with Crippen LogP contribution in [-0.4, -0.2) is 67.2 Å². The SMILES string of the molecule is CN1CCN(C(=O)[C@H]2Cc3ccccc3CN2)CC12CCOCC2.Cl.Cl. The molecule has 3 aliphatic heterocycles. The highest BCUT2D eigenvalue weighted by Crippen LogP contribution is 2.31. The normalized spacial score (nSPS) is 25.0. The van der Waals surface area contributed by atoms with Gasteiger partial charge in [0, 0.05) is 44.9 Å². The van der Waals surface area contributed by atoms with Gasteiger partial charge in [-0.3, -0.25) is 9.69 Å². The van der Waals surface area contributed by atoms with Crippen molar-refractivity contribution in [2.24, 2.45) is 0 Å². The molecule has 1 aromatic carbocycles. The predicted molar refractivity (Wildman–Crippen MR) is 107 cm³/mol. The van der Waals surface area contributed by atoms with Gasteiger partial charge in [0.15, 0.2) is 0 Å². The molecule has 26 heavy (non-hydrogen) atoms. The Balaban J connectivity index is 0.00000121. The summed E-state index contributed by atoms with van der Waals surface area (Å²) in [4.78, 5) is 17.7. The molecule has 0 bridgehead atoms. The van der Waals surface area contributed by atoms with E-state index in [0.29, 0.717) is 0 Å². The van der Waals surface area contributed by atoms with Crippen molar-refractivity contribution < 1.29 is 9.53 Å². The molecule has 3 heterocycles. The van der Waals surface area contributed by atoms with Crippen molar-refractivity contribution in [2.75, 3.05) is 39.9 Å². The molecular weight excluding hydrogens is 373 g/mol. The molecule has 0 aromatic heterocycles. The van der Waals surface area contributed by atoms with E-state index in [1.165, 1.54) is 11.1 Å². The molecule has 0 radical (unpaired) electrons. The van der Waals surface area contributed by atoms with Gasteiger partial charge in [-0.15, -0.1) is 24.8 Å². The molecule has 2 saturated heterocycles. The number of carbonyl (C=O) groups is 1. The van der Waals surface area contributed by atoms with E-state index in [4.69, 9.17) is 4.74 Å². The second-order valence-electron chi connectivity index (χ2n) is 7.42. The van der Waals surface area contributed by atoms with E-state index in [1.54, 1.807) is 0 Å². The van der Waals surface area contributed by atoms with Crippen LogP contribution in [0.25, 0.3) is 0 Å². The Bertz CT molecular complexity index is 623. The average molecular weight is 402 g/mol. The van der Waals surface area contributed by atoms with Crippen LogP contribution in [0.4, 0.5) is 0 Å². The number of likely N-dealkylation sites (N-methyl/N-ethyl adjacent to an activating group) is 1. The molecule has 5 nitrogen and oxygen atoms in total. The van der Waals surface area contributed by atoms with Crippen LogP contribution in [0, 0.1) is 0 Å². The molecule has 4 rings (SSSR count). The second-order valence-corrected chi connectivity index (χ2v) is 7.42. The first-order chi connectivity index (χ1) is 11.7. The van der Waals surface area contributed by atoms with E-state index in [2.05, 4.69) is 46.4 Å². The zero-order valence-corrected chi connectivity index (χ0v) is 16.9. The lowest BCUT2D eigenvalue weighted by Crippen LogP contribution is -2.65. The van der Waals surface area contributed by atoms with Crippen LogP contribution in [0.2, 0.25) is 0 Å². The minimum absolute atomic E-state index is 0. The Hall–Kier alpha value is -0.850. The van der Waals surface area contributed by atoms with Gasteiger partial charge < -0.3 is 15.0 Å². The lowest BCUT2D eigenvalue weighted by molar-refractivity contribution is -0.142. The molecule has 0 unspecified atom stereocenters. The van der Waals surface area contributed by atoms with Crippen LogP contribution in [0.5, 0.6) is 0 Å². The predicted octanol–water partition coefficient (Wildman–Crippen LogP) is 1.87. The molecular formula is C19H29Cl2N3O2. The van der Waals surface area contributed by atoms with Crippen molar-refractivity contribution >= 4 is 30.7 Å². The van der Waals surface area contributed by atoms with Gasteiger partial charge >= 0.3 is 0 Å². The molecule has 0 aliphatic carbocycles. The number of fused-ring (bicyclic) bond motifs is 1. The highest BCUT2D eigenvalue weighted by Gasteiger charge is 2.43. The smallest absolute Gasteiger partial charge is 0.240 e. The first kappa shape index (κ1) is 21.5. The third kappa shape index (κ3) is 4.02. The van der Waals surface area contributed by atoms with Gasteiger partial charge in [-0.1, -0.05) is 24.3 Å². The maximum atomic E-state index is 13.1. The van der Waals surface area contributed by atoms with E-state index in [-0.39, 0.29) is 42.3 Å². The molecule has 2 fully saturated rings. The number of nitrogens with one attached hydrogen (secondary N) is 1. The van der Waals surface area contributed by atoms with Gasteiger partial charge in [0.25, 0.3) is 0 Å². The van der Waals surface area contributed by atoms with Crippen LogP contribution in [0.15, 0.2) is 24.3 Å². The van der Waals surface area contributed by atoms with Crippen molar-refractivity contribution in [1.82, 2.24) is 15.1 Å². The highest BCUT2D eigenvalue weighted by atomic mass is 35.5. The van der Waals surface area contributed by atoms with Gasteiger partial charge in [0.05, 0.1) is 6.04 Å². The summed E-state index contributed by atoms with van der Waals surface area (Å²) in [6.45, 7) is 5.03. The lowest BCUT2D eigenvalue weighted by atomic mass is 9.85. The number of halogens is 2. The van der Waals surface area contributed by atoms with Gasteiger partial charge in [-0.05, 0) is 37.4 Å². The highest BCUT2D eigenvalue weighted by molar-refractivity contribution is 5.85. The monoisotopic (exact) mass is 401 g/mol. The van der Waals surface area contributed by atoms with Crippen LogP contribution >= 0.6 is 24.8 Å². The molecule has 146 valence electrons. The summed E-state index contributed by atoms with van der Waals surface area (Å²) in [7, 11) is 2.20. The molecule has 1 N–H and O–H groups in total. The summed E-state index contributed by atoms with van der Waals surface area (Å²) in [6.07, 6.45) is 2.85. The molecule has 3 aliphatic rings. The van der Waals surface area contributed by atoms with Crippen molar-refractivity contribution in [3.8, 4) is 0 Å². The fraction of sp³-hybridized carbons (Fsp3) is 0.632. The Labute approximate surface area is 168 Å². The van der Waals surface area contributed by atoms with Crippen LogP contribution in [0.1, 0.15) is 24.0 Å². The van der Waals surface area contributed by atoms with Crippen LogP contribution in [0.3, 0.4) is 0 Å². The number of piperazine rings is 1. The lowest BCUT2D eigenvalue weighted by Gasteiger charge is -2.51. The minimum Gasteiger partial charge on any atom is -0.381 e. The van der Waals surface area contributed by atoms with Crippen LogP contribution in [-0.2, 0) is 22.5 Å². The van der Waals surface area contributed by atoms with E-state index in [1.807, 2.05) is 0 Å². The Morgan fingerprint density at radius 3 is 2.58 bits per heavy atom. The van der Waals surface area contributed by atoms with Gasteiger partial charge in [-0.2, -0.15) is 0 Å². The number of benzene rings is 1. The van der Waals surface area contributed by atoms with Crippen molar-refractivity contribution in [2.45, 2.75) is 37.4 Å². The average Bonchev–Trinajstić information content (AvgIpc) is 2.64. The topological polar surface area (TPSA) is 44.8 Å². The van der Waals surface area contributed by atoms with E-state index in [0.717, 1.165) is 58.7 Å². The number of hydrogen-bond donors (Lipinski definition) is 1. The summed E-state index contributed by atoms with van der Waals surface area (Å²) >= 11 is 0. The molecule has 1 aromatic rings. The van der Waals surface area contributed by atoms with Gasteiger partial charge in [0.2, 0.25) is 5.91 Å². The Kier molecular flexibility index (Phi) is 7.34. The summed E-state index contributed by atoms with van der Waals surface area (Å²) in [5, 5.41) is 3.45. The molecule has 1 amide bonds. The number of amides is 1. The maximum absolute atomic E-state index is 13.1. The van der Waals surface area contributed by atoms with Crippen LogP contribution < -0.4 is 5.32 Å². The van der Waals surface area contributed by atoms with Gasteiger partial charge in [-0.25, -0.2) is 0 Å². The van der Waals surface area contributed by atoms with E-state index < -0.39 is 0 Å². The number of rotatable bonds is 1. The molecule has 1 spiro atoms. The fourth-order valence-corrected chi connectivity index (χ4v) is 4.39.